The topological polar surface area (TPSA) is 62.4 Å². The van der Waals surface area contributed by atoms with Crippen molar-refractivity contribution in [2.75, 3.05) is 13.1 Å². The SMILES string of the molecule is C[C@@H](c1noc(-c2ccccc2)n1)N1CC[C@@](O)(C(F)(F)F)C1. The molecule has 1 fully saturated rings. The maximum atomic E-state index is 12.9. The maximum absolute atomic E-state index is 12.9. The van der Waals surface area contributed by atoms with Crippen LogP contribution in [0.3, 0.4) is 0 Å². The molecule has 2 aromatic rings. The zero-order valence-electron chi connectivity index (χ0n) is 12.4. The van der Waals surface area contributed by atoms with Gasteiger partial charge in [-0.1, -0.05) is 23.4 Å². The molecule has 0 bridgehead atoms. The second-order valence-corrected chi connectivity index (χ2v) is 5.75. The van der Waals surface area contributed by atoms with Crippen molar-refractivity contribution in [3.63, 3.8) is 0 Å². The summed E-state index contributed by atoms with van der Waals surface area (Å²) in [5.74, 6) is 0.619. The van der Waals surface area contributed by atoms with Crippen LogP contribution in [0.1, 0.15) is 25.2 Å². The van der Waals surface area contributed by atoms with E-state index in [1.54, 1.807) is 19.1 Å². The van der Waals surface area contributed by atoms with Crippen molar-refractivity contribution < 1.29 is 22.8 Å². The molecule has 1 aliphatic rings. The molecule has 0 radical (unpaired) electrons. The molecule has 1 aliphatic heterocycles. The van der Waals surface area contributed by atoms with E-state index in [0.29, 0.717) is 11.7 Å². The summed E-state index contributed by atoms with van der Waals surface area (Å²) in [6.07, 6.45) is -5.00. The van der Waals surface area contributed by atoms with Crippen molar-refractivity contribution in [2.24, 2.45) is 0 Å². The minimum Gasteiger partial charge on any atom is -0.379 e. The van der Waals surface area contributed by atoms with E-state index >= 15 is 0 Å². The van der Waals surface area contributed by atoms with Crippen LogP contribution in [0.25, 0.3) is 11.5 Å². The van der Waals surface area contributed by atoms with E-state index in [0.717, 1.165) is 5.56 Å². The lowest BCUT2D eigenvalue weighted by molar-refractivity contribution is -0.254. The van der Waals surface area contributed by atoms with Gasteiger partial charge in [0.2, 0.25) is 0 Å². The number of likely N-dealkylation sites (tertiary alicyclic amines) is 1. The predicted octanol–water partition coefficient (Wildman–Crippen LogP) is 2.80. The van der Waals surface area contributed by atoms with Crippen LogP contribution in [-0.2, 0) is 0 Å². The number of β-amino-alcohol motifs (C(OH)–C–C–N with tert-alkyl or cyclic N) is 1. The Hall–Kier alpha value is -1.93. The molecule has 0 spiro atoms. The first-order valence-electron chi connectivity index (χ1n) is 7.22. The zero-order chi connectivity index (χ0) is 16.7. The molecule has 3 rings (SSSR count). The van der Waals surface area contributed by atoms with Crippen molar-refractivity contribution in [3.8, 4) is 11.5 Å². The molecule has 0 amide bonds. The zero-order valence-corrected chi connectivity index (χ0v) is 12.4. The molecule has 1 saturated heterocycles. The van der Waals surface area contributed by atoms with Gasteiger partial charge in [0.1, 0.15) is 0 Å². The molecule has 8 heteroatoms. The second-order valence-electron chi connectivity index (χ2n) is 5.75. The highest BCUT2D eigenvalue weighted by Gasteiger charge is 2.57. The molecule has 1 aromatic carbocycles. The number of alkyl halides is 3. The first-order chi connectivity index (χ1) is 10.8. The molecule has 0 saturated carbocycles. The van der Waals surface area contributed by atoms with Gasteiger partial charge >= 0.3 is 6.18 Å². The van der Waals surface area contributed by atoms with E-state index in [1.807, 2.05) is 18.2 Å². The highest BCUT2D eigenvalue weighted by molar-refractivity contribution is 5.52. The lowest BCUT2D eigenvalue weighted by Gasteiger charge is -2.27. The molecule has 0 unspecified atom stereocenters. The molecule has 2 heterocycles. The fraction of sp³-hybridized carbons (Fsp3) is 0.467. The molecule has 0 aliphatic carbocycles. The molecule has 23 heavy (non-hydrogen) atoms. The smallest absolute Gasteiger partial charge is 0.379 e. The molecular weight excluding hydrogens is 311 g/mol. The van der Waals surface area contributed by atoms with Crippen LogP contribution in [0.15, 0.2) is 34.9 Å². The van der Waals surface area contributed by atoms with Gasteiger partial charge in [-0.2, -0.15) is 18.2 Å². The number of halogens is 3. The molecule has 1 N–H and O–H groups in total. The summed E-state index contributed by atoms with van der Waals surface area (Å²) in [5, 5.41) is 13.6. The van der Waals surface area contributed by atoms with Crippen LogP contribution in [0, 0.1) is 0 Å². The Bertz CT molecular complexity index is 674. The van der Waals surface area contributed by atoms with Gasteiger partial charge in [0, 0.05) is 18.7 Å². The summed E-state index contributed by atoms with van der Waals surface area (Å²) in [4.78, 5) is 5.76. The van der Waals surface area contributed by atoms with E-state index in [2.05, 4.69) is 10.1 Å². The minimum atomic E-state index is -4.64. The third kappa shape index (κ3) is 2.96. The quantitative estimate of drug-likeness (QED) is 0.939. The Kier molecular flexibility index (Phi) is 3.89. The van der Waals surface area contributed by atoms with Crippen LogP contribution >= 0.6 is 0 Å². The standard InChI is InChI=1S/C15H16F3N3O2/c1-10(21-8-7-14(22,9-21)15(16,17)18)12-19-13(23-20-12)11-5-3-2-4-6-11/h2-6,10,22H,7-9H2,1H3/t10-,14-/m0/s1. The highest BCUT2D eigenvalue weighted by Crippen LogP contribution is 2.40. The lowest BCUT2D eigenvalue weighted by atomic mass is 10.0. The maximum Gasteiger partial charge on any atom is 0.418 e. The number of hydrogen-bond donors (Lipinski definition) is 1. The van der Waals surface area contributed by atoms with Crippen molar-refractivity contribution in [2.45, 2.75) is 31.2 Å². The second kappa shape index (κ2) is 5.61. The van der Waals surface area contributed by atoms with Gasteiger partial charge in [-0.05, 0) is 25.5 Å². The normalized spacial score (nSPS) is 24.0. The van der Waals surface area contributed by atoms with E-state index in [1.165, 1.54) is 4.90 Å². The Morgan fingerprint density at radius 3 is 2.61 bits per heavy atom. The number of aromatic nitrogens is 2. The van der Waals surface area contributed by atoms with Crippen LogP contribution in [-0.4, -0.2) is 45.0 Å². The summed E-state index contributed by atoms with van der Waals surface area (Å²) >= 11 is 0. The predicted molar refractivity (Wildman–Crippen MR) is 75.3 cm³/mol. The molecular formula is C15H16F3N3O2. The summed E-state index contributed by atoms with van der Waals surface area (Å²) in [6, 6.07) is 8.64. The molecule has 1 aromatic heterocycles. The van der Waals surface area contributed by atoms with Crippen LogP contribution < -0.4 is 0 Å². The molecule has 2 atom stereocenters. The van der Waals surface area contributed by atoms with Gasteiger partial charge in [0.05, 0.1) is 6.04 Å². The Balaban J connectivity index is 1.75. The minimum absolute atomic E-state index is 0.117. The first kappa shape index (κ1) is 15.9. The number of hydrogen-bond acceptors (Lipinski definition) is 5. The summed E-state index contributed by atoms with van der Waals surface area (Å²) in [7, 11) is 0. The van der Waals surface area contributed by atoms with Crippen molar-refractivity contribution in [3.05, 3.63) is 36.2 Å². The van der Waals surface area contributed by atoms with Gasteiger partial charge in [-0.3, -0.25) is 4.90 Å². The van der Waals surface area contributed by atoms with Crippen molar-refractivity contribution >= 4 is 0 Å². The van der Waals surface area contributed by atoms with E-state index in [4.69, 9.17) is 4.52 Å². The van der Waals surface area contributed by atoms with E-state index in [-0.39, 0.29) is 13.0 Å². The number of nitrogens with zero attached hydrogens (tertiary/aromatic N) is 3. The van der Waals surface area contributed by atoms with Crippen LogP contribution in [0.5, 0.6) is 0 Å². The van der Waals surface area contributed by atoms with Crippen molar-refractivity contribution in [1.29, 1.82) is 0 Å². The molecule has 124 valence electrons. The van der Waals surface area contributed by atoms with E-state index in [9.17, 15) is 18.3 Å². The summed E-state index contributed by atoms with van der Waals surface area (Å²) < 4.78 is 43.8. The highest BCUT2D eigenvalue weighted by atomic mass is 19.4. The lowest BCUT2D eigenvalue weighted by Crippen LogP contribution is -2.47. The summed E-state index contributed by atoms with van der Waals surface area (Å²) in [6.45, 7) is 1.32. The Labute approximate surface area is 130 Å². The van der Waals surface area contributed by atoms with Gasteiger partial charge < -0.3 is 9.63 Å². The molecule has 5 nitrogen and oxygen atoms in total. The number of aliphatic hydroxyl groups is 1. The first-order valence-corrected chi connectivity index (χ1v) is 7.22. The fourth-order valence-corrected chi connectivity index (χ4v) is 2.65. The fourth-order valence-electron chi connectivity index (χ4n) is 2.65. The third-order valence-electron chi connectivity index (χ3n) is 4.19. The Morgan fingerprint density at radius 1 is 1.30 bits per heavy atom. The van der Waals surface area contributed by atoms with Crippen LogP contribution in [0.2, 0.25) is 0 Å². The Morgan fingerprint density at radius 2 is 2.00 bits per heavy atom. The number of rotatable bonds is 3. The average molecular weight is 327 g/mol. The van der Waals surface area contributed by atoms with Gasteiger partial charge in [-0.25, -0.2) is 0 Å². The third-order valence-corrected chi connectivity index (χ3v) is 4.19. The van der Waals surface area contributed by atoms with E-state index < -0.39 is 24.4 Å². The monoisotopic (exact) mass is 327 g/mol. The van der Waals surface area contributed by atoms with Crippen molar-refractivity contribution in [1.82, 2.24) is 15.0 Å². The average Bonchev–Trinajstić information content (AvgIpc) is 3.14. The number of benzene rings is 1. The van der Waals surface area contributed by atoms with Crippen LogP contribution in [0.4, 0.5) is 13.2 Å². The van der Waals surface area contributed by atoms with Gasteiger partial charge in [-0.15, -0.1) is 0 Å². The van der Waals surface area contributed by atoms with Gasteiger partial charge in [0.25, 0.3) is 5.89 Å². The summed E-state index contributed by atoms with van der Waals surface area (Å²) in [5.41, 5.74) is -1.93. The van der Waals surface area contributed by atoms with Gasteiger partial charge in [0.15, 0.2) is 11.4 Å². The largest absolute Gasteiger partial charge is 0.418 e.